The number of nitrogens with one attached hydrogen (secondary N) is 1. The summed E-state index contributed by atoms with van der Waals surface area (Å²) in [7, 11) is -3.91. The largest absolute Gasteiger partial charge is 0.458 e. The zero-order valence-electron chi connectivity index (χ0n) is 9.88. The van der Waals surface area contributed by atoms with Gasteiger partial charge in [-0.1, -0.05) is 12.1 Å². The summed E-state index contributed by atoms with van der Waals surface area (Å²) in [6.45, 7) is 1.77. The van der Waals surface area contributed by atoms with E-state index in [1.807, 2.05) is 4.72 Å². The molecule has 0 saturated heterocycles. The van der Waals surface area contributed by atoms with Crippen LogP contribution in [0.2, 0.25) is 0 Å². The first kappa shape index (κ1) is 13.8. The molecule has 2 rings (SSSR count). The average molecular weight is 344 g/mol. The molecule has 0 unspecified atom stereocenters. The fraction of sp³-hybridized carbons (Fsp3) is 0.0833. The molecule has 2 aromatic rings. The second-order valence-electron chi connectivity index (χ2n) is 3.85. The second-order valence-corrected chi connectivity index (χ2v) is 6.39. The first-order chi connectivity index (χ1) is 8.90. The lowest BCUT2D eigenvalue weighted by Gasteiger charge is -2.06. The van der Waals surface area contributed by atoms with Crippen molar-refractivity contribution >= 4 is 31.9 Å². The van der Waals surface area contributed by atoms with Gasteiger partial charge in [0.05, 0.1) is 15.6 Å². The Bertz CT molecular complexity index is 721. The summed E-state index contributed by atoms with van der Waals surface area (Å²) in [5, 5.41) is 0. The number of hydrogen-bond acceptors (Lipinski definition) is 4. The SMILES string of the molecule is Cc1cccc(S(=O)(=O)NC(=O)c2occc2Br)c1. The van der Waals surface area contributed by atoms with Crippen molar-refractivity contribution in [1.82, 2.24) is 4.72 Å². The third-order valence-corrected chi connectivity index (χ3v) is 4.30. The molecule has 100 valence electrons. The Morgan fingerprint density at radius 1 is 1.32 bits per heavy atom. The normalized spacial score (nSPS) is 11.3. The summed E-state index contributed by atoms with van der Waals surface area (Å²) >= 11 is 3.09. The van der Waals surface area contributed by atoms with Crippen molar-refractivity contribution in [1.29, 1.82) is 0 Å². The van der Waals surface area contributed by atoms with Crippen molar-refractivity contribution in [2.24, 2.45) is 0 Å². The summed E-state index contributed by atoms with van der Waals surface area (Å²) in [6, 6.07) is 7.78. The van der Waals surface area contributed by atoms with E-state index < -0.39 is 15.9 Å². The number of benzene rings is 1. The molecule has 0 atom stereocenters. The first-order valence-corrected chi connectivity index (χ1v) is 7.54. The first-order valence-electron chi connectivity index (χ1n) is 5.27. The standard InChI is InChI=1S/C12H10BrNO4S/c1-8-3-2-4-9(7-8)19(16,17)14-12(15)11-10(13)5-6-18-11/h2-7H,1H3,(H,14,15). The summed E-state index contributed by atoms with van der Waals surface area (Å²) < 4.78 is 31.3. The summed E-state index contributed by atoms with van der Waals surface area (Å²) in [5.74, 6) is -0.908. The number of aryl methyl sites for hydroxylation is 1. The van der Waals surface area contributed by atoms with Gasteiger partial charge in [-0.3, -0.25) is 4.79 Å². The van der Waals surface area contributed by atoms with Crippen LogP contribution in [0.4, 0.5) is 0 Å². The molecular weight excluding hydrogens is 334 g/mol. The van der Waals surface area contributed by atoms with Gasteiger partial charge >= 0.3 is 5.91 Å². The molecule has 0 aliphatic carbocycles. The number of carbonyl (C=O) groups excluding carboxylic acids is 1. The highest BCUT2D eigenvalue weighted by Gasteiger charge is 2.22. The van der Waals surface area contributed by atoms with Crippen molar-refractivity contribution in [3.05, 3.63) is 52.4 Å². The molecule has 0 fully saturated rings. The third kappa shape index (κ3) is 3.05. The maximum Gasteiger partial charge on any atom is 0.301 e. The highest BCUT2D eigenvalue weighted by molar-refractivity contribution is 9.10. The van der Waals surface area contributed by atoms with E-state index in [4.69, 9.17) is 4.42 Å². The summed E-state index contributed by atoms with van der Waals surface area (Å²) in [4.78, 5) is 11.8. The third-order valence-electron chi connectivity index (χ3n) is 2.35. The Balaban J connectivity index is 2.28. The molecule has 7 heteroatoms. The maximum absolute atomic E-state index is 12.0. The monoisotopic (exact) mass is 343 g/mol. The fourth-order valence-corrected chi connectivity index (χ4v) is 2.90. The second kappa shape index (κ2) is 5.18. The number of sulfonamides is 1. The van der Waals surface area contributed by atoms with Gasteiger partial charge in [-0.25, -0.2) is 13.1 Å². The molecule has 0 bridgehead atoms. The van der Waals surface area contributed by atoms with E-state index in [9.17, 15) is 13.2 Å². The van der Waals surface area contributed by atoms with Gasteiger partial charge in [0, 0.05) is 0 Å². The van der Waals surface area contributed by atoms with Gasteiger partial charge in [-0.15, -0.1) is 0 Å². The molecular formula is C12H10BrNO4S. The smallest absolute Gasteiger partial charge is 0.301 e. The molecule has 1 aromatic carbocycles. The van der Waals surface area contributed by atoms with Gasteiger partial charge in [0.2, 0.25) is 5.76 Å². The lowest BCUT2D eigenvalue weighted by Crippen LogP contribution is -2.30. The van der Waals surface area contributed by atoms with E-state index in [2.05, 4.69) is 15.9 Å². The van der Waals surface area contributed by atoms with E-state index in [0.29, 0.717) is 4.47 Å². The lowest BCUT2D eigenvalue weighted by atomic mass is 10.2. The van der Waals surface area contributed by atoms with Crippen LogP contribution in [0.5, 0.6) is 0 Å². The Hall–Kier alpha value is -1.60. The lowest BCUT2D eigenvalue weighted by molar-refractivity contribution is 0.0953. The zero-order chi connectivity index (χ0) is 14.0. The van der Waals surface area contributed by atoms with Crippen molar-refractivity contribution in [2.45, 2.75) is 11.8 Å². The Morgan fingerprint density at radius 2 is 2.05 bits per heavy atom. The molecule has 1 amide bonds. The van der Waals surface area contributed by atoms with E-state index in [1.165, 1.54) is 24.5 Å². The zero-order valence-corrected chi connectivity index (χ0v) is 12.3. The van der Waals surface area contributed by atoms with Crippen molar-refractivity contribution in [3.8, 4) is 0 Å². The number of rotatable bonds is 3. The van der Waals surface area contributed by atoms with Gasteiger partial charge < -0.3 is 4.42 Å². The van der Waals surface area contributed by atoms with Gasteiger partial charge in [-0.2, -0.15) is 0 Å². The van der Waals surface area contributed by atoms with Gasteiger partial charge in [-0.05, 0) is 46.6 Å². The molecule has 0 spiro atoms. The van der Waals surface area contributed by atoms with E-state index in [1.54, 1.807) is 19.1 Å². The van der Waals surface area contributed by atoms with E-state index in [0.717, 1.165) is 5.56 Å². The van der Waals surface area contributed by atoms with Crippen molar-refractivity contribution in [2.75, 3.05) is 0 Å². The Kier molecular flexibility index (Phi) is 3.77. The molecule has 5 nitrogen and oxygen atoms in total. The minimum Gasteiger partial charge on any atom is -0.458 e. The Morgan fingerprint density at radius 3 is 2.63 bits per heavy atom. The quantitative estimate of drug-likeness (QED) is 0.928. The van der Waals surface area contributed by atoms with Crippen LogP contribution < -0.4 is 4.72 Å². The number of halogens is 1. The van der Waals surface area contributed by atoms with Crippen LogP contribution in [-0.4, -0.2) is 14.3 Å². The summed E-state index contributed by atoms with van der Waals surface area (Å²) in [6.07, 6.45) is 1.29. The minimum atomic E-state index is -3.91. The molecule has 0 saturated carbocycles. The van der Waals surface area contributed by atoms with Crippen LogP contribution in [0.1, 0.15) is 16.1 Å². The van der Waals surface area contributed by atoms with Crippen molar-refractivity contribution < 1.29 is 17.6 Å². The molecule has 0 aliphatic rings. The van der Waals surface area contributed by atoms with E-state index >= 15 is 0 Å². The topological polar surface area (TPSA) is 76.4 Å². The number of furan rings is 1. The average Bonchev–Trinajstić information content (AvgIpc) is 2.75. The molecule has 1 heterocycles. The molecule has 0 radical (unpaired) electrons. The van der Waals surface area contributed by atoms with E-state index in [-0.39, 0.29) is 10.7 Å². The van der Waals surface area contributed by atoms with Gasteiger partial charge in [0.15, 0.2) is 0 Å². The van der Waals surface area contributed by atoms with Crippen molar-refractivity contribution in [3.63, 3.8) is 0 Å². The minimum absolute atomic E-state index is 0.0310. The number of amides is 1. The van der Waals surface area contributed by atoms with Crippen LogP contribution in [0.25, 0.3) is 0 Å². The van der Waals surface area contributed by atoms with Crippen LogP contribution in [-0.2, 0) is 10.0 Å². The van der Waals surface area contributed by atoms with Crippen LogP contribution in [0.15, 0.2) is 50.4 Å². The van der Waals surface area contributed by atoms with Crippen LogP contribution in [0, 0.1) is 6.92 Å². The summed E-state index contributed by atoms with van der Waals surface area (Å²) in [5.41, 5.74) is 0.787. The fourth-order valence-electron chi connectivity index (χ4n) is 1.47. The highest BCUT2D eigenvalue weighted by atomic mass is 79.9. The predicted molar refractivity (Wildman–Crippen MR) is 72.2 cm³/mol. The molecule has 1 N–H and O–H groups in total. The maximum atomic E-state index is 12.0. The molecule has 1 aromatic heterocycles. The van der Waals surface area contributed by atoms with Gasteiger partial charge in [0.25, 0.3) is 10.0 Å². The van der Waals surface area contributed by atoms with Crippen LogP contribution in [0.3, 0.4) is 0 Å². The van der Waals surface area contributed by atoms with Crippen LogP contribution >= 0.6 is 15.9 Å². The number of carbonyl (C=O) groups is 1. The number of hydrogen-bond donors (Lipinski definition) is 1. The van der Waals surface area contributed by atoms with Gasteiger partial charge in [0.1, 0.15) is 0 Å². The molecule has 0 aliphatic heterocycles. The molecule has 19 heavy (non-hydrogen) atoms. The predicted octanol–water partition coefficient (Wildman–Crippen LogP) is 2.47. The highest BCUT2D eigenvalue weighted by Crippen LogP contribution is 2.18. The Labute approximate surface area is 118 Å².